The molecular formula is C28H22O3S. The molecule has 0 bridgehead atoms. The zero-order chi connectivity index (χ0) is 22.2. The van der Waals surface area contributed by atoms with E-state index in [2.05, 4.69) is 0 Å². The molecule has 32 heavy (non-hydrogen) atoms. The third-order valence-corrected chi connectivity index (χ3v) is 6.20. The molecule has 0 aliphatic carbocycles. The van der Waals surface area contributed by atoms with Gasteiger partial charge in [0.1, 0.15) is 11.2 Å². The highest BCUT2D eigenvalue weighted by Gasteiger charge is 2.23. The van der Waals surface area contributed by atoms with Crippen LogP contribution in [0.4, 0.5) is 0 Å². The second kappa shape index (κ2) is 9.94. The van der Waals surface area contributed by atoms with E-state index >= 15 is 0 Å². The molecule has 4 rings (SSSR count). The number of hydrogen-bond donors (Lipinski definition) is 0. The Morgan fingerprint density at radius 3 is 1.75 bits per heavy atom. The summed E-state index contributed by atoms with van der Waals surface area (Å²) in [6.45, 7) is 0. The van der Waals surface area contributed by atoms with Gasteiger partial charge in [-0.15, -0.1) is 0 Å². The van der Waals surface area contributed by atoms with Crippen molar-refractivity contribution in [2.45, 2.75) is 4.90 Å². The van der Waals surface area contributed by atoms with Gasteiger partial charge in [-0.3, -0.25) is 0 Å². The third kappa shape index (κ3) is 5.23. The molecule has 4 aromatic rings. The Morgan fingerprint density at radius 2 is 1.12 bits per heavy atom. The molecule has 0 aliphatic rings. The summed E-state index contributed by atoms with van der Waals surface area (Å²) in [6.07, 6.45) is 6.54. The van der Waals surface area contributed by atoms with Crippen LogP contribution in [0.15, 0.2) is 120 Å². The Labute approximate surface area is 189 Å². The normalized spacial score (nSPS) is 11.8. The molecule has 0 saturated carbocycles. The molecule has 4 heteroatoms. The van der Waals surface area contributed by atoms with E-state index in [0.717, 1.165) is 16.7 Å². The molecule has 0 fully saturated rings. The summed E-state index contributed by atoms with van der Waals surface area (Å²) >= 11 is 0. The van der Waals surface area contributed by atoms with Crippen molar-refractivity contribution in [2.75, 3.05) is 0 Å². The first kappa shape index (κ1) is 21.3. The maximum Gasteiger partial charge on any atom is 0.339 e. The van der Waals surface area contributed by atoms with E-state index in [0.29, 0.717) is 11.1 Å². The van der Waals surface area contributed by atoms with Crippen molar-refractivity contribution in [1.82, 2.24) is 0 Å². The first-order valence-corrected chi connectivity index (χ1v) is 11.6. The summed E-state index contributed by atoms with van der Waals surface area (Å²) in [5.74, 6) is 0. The van der Waals surface area contributed by atoms with Gasteiger partial charge < -0.3 is 4.18 Å². The van der Waals surface area contributed by atoms with Gasteiger partial charge in [0.05, 0.1) is 0 Å². The van der Waals surface area contributed by atoms with Crippen LogP contribution < -0.4 is 0 Å². The largest absolute Gasteiger partial charge is 0.387 e. The number of rotatable bonds is 7. The molecule has 0 saturated heterocycles. The van der Waals surface area contributed by atoms with Gasteiger partial charge in [-0.25, -0.2) is 0 Å². The highest BCUT2D eigenvalue weighted by molar-refractivity contribution is 7.87. The molecule has 0 aromatic heterocycles. The summed E-state index contributed by atoms with van der Waals surface area (Å²) in [5, 5.41) is 0. The molecule has 0 spiro atoms. The van der Waals surface area contributed by atoms with Gasteiger partial charge in [-0.1, -0.05) is 121 Å². The van der Waals surface area contributed by atoms with E-state index in [9.17, 15) is 8.42 Å². The minimum Gasteiger partial charge on any atom is -0.387 e. The molecule has 3 nitrogen and oxygen atoms in total. The Hall–Kier alpha value is -3.89. The van der Waals surface area contributed by atoms with Gasteiger partial charge in [0.2, 0.25) is 0 Å². The van der Waals surface area contributed by atoms with Crippen molar-refractivity contribution < 1.29 is 12.6 Å². The Balaban J connectivity index is 1.76. The highest BCUT2D eigenvalue weighted by Crippen LogP contribution is 2.32. The summed E-state index contributed by atoms with van der Waals surface area (Å²) in [7, 11) is -4.08. The average molecular weight is 439 g/mol. The third-order valence-electron chi connectivity index (χ3n) is 4.88. The molecule has 0 unspecified atom stereocenters. The summed E-state index contributed by atoms with van der Waals surface area (Å²) in [4.78, 5) is 0.135. The Kier molecular flexibility index (Phi) is 6.63. The second-order valence-electron chi connectivity index (χ2n) is 7.10. The van der Waals surface area contributed by atoms with Crippen LogP contribution in [0.5, 0.6) is 0 Å². The van der Waals surface area contributed by atoms with Crippen molar-refractivity contribution in [3.05, 3.63) is 132 Å². The van der Waals surface area contributed by atoms with E-state index in [-0.39, 0.29) is 4.90 Å². The fourth-order valence-electron chi connectivity index (χ4n) is 3.35. The van der Waals surface area contributed by atoms with Gasteiger partial charge >= 0.3 is 10.1 Å². The average Bonchev–Trinajstić information content (AvgIpc) is 2.84. The van der Waals surface area contributed by atoms with Crippen molar-refractivity contribution in [3.8, 4) is 11.1 Å². The van der Waals surface area contributed by atoms with Gasteiger partial charge in [0.15, 0.2) is 0 Å². The zero-order valence-corrected chi connectivity index (χ0v) is 18.2. The molecule has 4 aromatic carbocycles. The van der Waals surface area contributed by atoms with Crippen LogP contribution in [-0.2, 0) is 14.3 Å². The molecule has 158 valence electrons. The molecule has 0 amide bonds. The van der Waals surface area contributed by atoms with Gasteiger partial charge in [0.25, 0.3) is 0 Å². The van der Waals surface area contributed by atoms with E-state index in [1.54, 1.807) is 24.3 Å². The minimum atomic E-state index is -4.08. The van der Waals surface area contributed by atoms with Gasteiger partial charge in [0, 0.05) is 5.56 Å². The van der Waals surface area contributed by atoms with Crippen LogP contribution in [0.1, 0.15) is 16.7 Å². The Morgan fingerprint density at radius 1 is 0.562 bits per heavy atom. The SMILES string of the molecule is O=S(=O)(OC=Cc1ccccc1)c1c(C=Cc2ccccc2)cccc1-c1ccccc1. The topological polar surface area (TPSA) is 43.4 Å². The fourth-order valence-corrected chi connectivity index (χ4v) is 4.53. The maximum absolute atomic E-state index is 13.3. The summed E-state index contributed by atoms with van der Waals surface area (Å²) < 4.78 is 32.0. The summed E-state index contributed by atoms with van der Waals surface area (Å²) in [6, 6.07) is 34.0. The predicted octanol–water partition coefficient (Wildman–Crippen LogP) is 6.90. The maximum atomic E-state index is 13.3. The van der Waals surface area contributed by atoms with Crippen LogP contribution in [0.25, 0.3) is 29.4 Å². The van der Waals surface area contributed by atoms with Crippen LogP contribution in [0.2, 0.25) is 0 Å². The minimum absolute atomic E-state index is 0.135. The molecule has 0 N–H and O–H groups in total. The monoisotopic (exact) mass is 438 g/mol. The van der Waals surface area contributed by atoms with E-state index in [1.807, 2.05) is 103 Å². The molecule has 0 radical (unpaired) electrons. The lowest BCUT2D eigenvalue weighted by Crippen LogP contribution is -2.07. The van der Waals surface area contributed by atoms with Crippen LogP contribution in [-0.4, -0.2) is 8.42 Å². The lowest BCUT2D eigenvalue weighted by Gasteiger charge is -2.13. The van der Waals surface area contributed by atoms with Crippen LogP contribution in [0, 0.1) is 0 Å². The lowest BCUT2D eigenvalue weighted by atomic mass is 10.0. The highest BCUT2D eigenvalue weighted by atomic mass is 32.2. The number of hydrogen-bond acceptors (Lipinski definition) is 3. The molecule has 0 atom stereocenters. The fraction of sp³-hybridized carbons (Fsp3) is 0. The van der Waals surface area contributed by atoms with E-state index in [4.69, 9.17) is 4.18 Å². The zero-order valence-electron chi connectivity index (χ0n) is 17.3. The second-order valence-corrected chi connectivity index (χ2v) is 8.61. The van der Waals surface area contributed by atoms with Crippen molar-refractivity contribution in [1.29, 1.82) is 0 Å². The Bertz CT molecular complexity index is 1330. The van der Waals surface area contributed by atoms with Crippen molar-refractivity contribution in [2.24, 2.45) is 0 Å². The van der Waals surface area contributed by atoms with Gasteiger partial charge in [-0.05, 0) is 28.3 Å². The lowest BCUT2D eigenvalue weighted by molar-refractivity contribution is 0.446. The quantitative estimate of drug-likeness (QED) is 0.179. The number of benzene rings is 4. The first-order chi connectivity index (χ1) is 15.6. The van der Waals surface area contributed by atoms with E-state index < -0.39 is 10.1 Å². The summed E-state index contributed by atoms with van der Waals surface area (Å²) in [5.41, 5.74) is 3.78. The van der Waals surface area contributed by atoms with Crippen molar-refractivity contribution >= 4 is 28.3 Å². The van der Waals surface area contributed by atoms with Crippen LogP contribution in [0.3, 0.4) is 0 Å². The standard InChI is InChI=1S/C28H22O3S/c29-32(30,31-22-21-24-13-6-2-7-14-24)28-26(20-19-23-11-4-1-5-12-23)17-10-18-27(28)25-15-8-3-9-16-25/h1-22H. The van der Waals surface area contributed by atoms with Crippen LogP contribution >= 0.6 is 0 Å². The van der Waals surface area contributed by atoms with E-state index in [1.165, 1.54) is 6.26 Å². The predicted molar refractivity (Wildman–Crippen MR) is 131 cm³/mol. The first-order valence-electron chi connectivity index (χ1n) is 10.2. The molecule has 0 aliphatic heterocycles. The molecular weight excluding hydrogens is 416 g/mol. The smallest absolute Gasteiger partial charge is 0.339 e. The van der Waals surface area contributed by atoms with Gasteiger partial charge in [-0.2, -0.15) is 8.42 Å². The molecule has 0 heterocycles. The van der Waals surface area contributed by atoms with Crippen molar-refractivity contribution in [3.63, 3.8) is 0 Å².